The molecule has 1 aromatic carbocycles. The zero-order chi connectivity index (χ0) is 19.3. The number of carbonyl (C=O) groups excluding carboxylic acids is 1. The highest BCUT2D eigenvalue weighted by Gasteiger charge is 2.36. The van der Waals surface area contributed by atoms with Crippen molar-refractivity contribution in [3.05, 3.63) is 53.3 Å². The molecule has 0 unspecified atom stereocenters. The topological polar surface area (TPSA) is 95.9 Å². The van der Waals surface area contributed by atoms with Crippen LogP contribution in [0.5, 0.6) is 0 Å². The molecule has 1 aliphatic carbocycles. The maximum atomic E-state index is 12.7. The van der Waals surface area contributed by atoms with Gasteiger partial charge in [0.1, 0.15) is 17.5 Å². The molecule has 1 aliphatic heterocycles. The molecule has 3 heterocycles. The average molecular weight is 369 g/mol. The molecule has 0 spiro atoms. The Hall–Kier alpha value is -3.46. The van der Waals surface area contributed by atoms with E-state index in [9.17, 15) is 10.1 Å². The summed E-state index contributed by atoms with van der Waals surface area (Å²) in [6.45, 7) is 1.12. The highest BCUT2D eigenvalue weighted by Crippen LogP contribution is 2.39. The van der Waals surface area contributed by atoms with Crippen molar-refractivity contribution in [2.24, 2.45) is 5.92 Å². The number of nitrogens with zero attached hydrogens (tertiary/aromatic N) is 4. The first kappa shape index (κ1) is 16.7. The Morgan fingerprint density at radius 1 is 1.25 bits per heavy atom. The molecule has 0 bridgehead atoms. The number of nitriles is 1. The summed E-state index contributed by atoms with van der Waals surface area (Å²) in [5, 5.41) is 10.8. The second kappa shape index (κ2) is 6.31. The summed E-state index contributed by atoms with van der Waals surface area (Å²) < 4.78 is 0. The maximum absolute atomic E-state index is 12.7. The van der Waals surface area contributed by atoms with Crippen molar-refractivity contribution in [1.82, 2.24) is 14.9 Å². The van der Waals surface area contributed by atoms with Crippen LogP contribution in [0.15, 0.2) is 36.5 Å². The number of rotatable bonds is 2. The average Bonchev–Trinajstić information content (AvgIpc) is 3.57. The molecule has 0 atom stereocenters. The molecule has 28 heavy (non-hydrogen) atoms. The third-order valence-electron chi connectivity index (χ3n) is 5.64. The van der Waals surface area contributed by atoms with Gasteiger partial charge in [0.05, 0.1) is 11.2 Å². The first-order valence-electron chi connectivity index (χ1n) is 9.51. The lowest BCUT2D eigenvalue weighted by Crippen LogP contribution is -2.37. The zero-order valence-electron chi connectivity index (χ0n) is 15.4. The number of pyridine rings is 2. The first-order chi connectivity index (χ1) is 13.7. The van der Waals surface area contributed by atoms with Gasteiger partial charge in [0.25, 0.3) is 0 Å². The fraction of sp³-hybridized carbons (Fsp3) is 0.273. The van der Waals surface area contributed by atoms with Crippen molar-refractivity contribution in [2.75, 3.05) is 12.3 Å². The van der Waals surface area contributed by atoms with E-state index in [1.807, 2.05) is 35.2 Å². The summed E-state index contributed by atoms with van der Waals surface area (Å²) in [6.07, 6.45) is 4.37. The van der Waals surface area contributed by atoms with Crippen LogP contribution in [0.3, 0.4) is 0 Å². The minimum atomic E-state index is 0.170. The van der Waals surface area contributed by atoms with Crippen LogP contribution in [0.4, 0.5) is 5.82 Å². The van der Waals surface area contributed by atoms with E-state index < -0.39 is 0 Å². The van der Waals surface area contributed by atoms with Gasteiger partial charge in [-0.15, -0.1) is 0 Å². The number of hydrogen-bond donors (Lipinski definition) is 1. The van der Waals surface area contributed by atoms with E-state index in [-0.39, 0.29) is 17.6 Å². The lowest BCUT2D eigenvalue weighted by Gasteiger charge is -2.31. The third kappa shape index (κ3) is 2.59. The summed E-state index contributed by atoms with van der Waals surface area (Å²) in [4.78, 5) is 23.5. The Balaban J connectivity index is 1.74. The van der Waals surface area contributed by atoms with E-state index in [1.165, 1.54) is 0 Å². The normalized spacial score (nSPS) is 15.9. The number of hydrogen-bond acceptors (Lipinski definition) is 5. The van der Waals surface area contributed by atoms with Gasteiger partial charge in [-0.2, -0.15) is 5.26 Å². The van der Waals surface area contributed by atoms with Gasteiger partial charge in [0.2, 0.25) is 5.91 Å². The predicted molar refractivity (Wildman–Crippen MR) is 106 cm³/mol. The molecule has 1 amide bonds. The van der Waals surface area contributed by atoms with E-state index in [4.69, 9.17) is 5.73 Å². The molecule has 2 aromatic heterocycles. The highest BCUT2D eigenvalue weighted by molar-refractivity contribution is 5.98. The SMILES string of the molecule is N#Cc1c(N)nc2c(c1-c1cccc3ncccc13)CN(C(=O)C1CC1)CC2. The quantitative estimate of drug-likeness (QED) is 0.749. The Morgan fingerprint density at radius 3 is 2.89 bits per heavy atom. The highest BCUT2D eigenvalue weighted by atomic mass is 16.2. The van der Waals surface area contributed by atoms with Gasteiger partial charge < -0.3 is 10.6 Å². The van der Waals surface area contributed by atoms with Gasteiger partial charge in [0, 0.05) is 48.1 Å². The Labute approximate surface area is 162 Å². The van der Waals surface area contributed by atoms with Crippen LogP contribution in [-0.2, 0) is 17.8 Å². The number of aromatic nitrogens is 2. The lowest BCUT2D eigenvalue weighted by atomic mass is 9.89. The van der Waals surface area contributed by atoms with Crippen molar-refractivity contribution in [3.63, 3.8) is 0 Å². The summed E-state index contributed by atoms with van der Waals surface area (Å²) in [5.74, 6) is 0.634. The summed E-state index contributed by atoms with van der Waals surface area (Å²) in [7, 11) is 0. The van der Waals surface area contributed by atoms with Crippen LogP contribution >= 0.6 is 0 Å². The molecule has 138 valence electrons. The number of nitrogen functional groups attached to an aromatic ring is 1. The minimum Gasteiger partial charge on any atom is -0.383 e. The standard InChI is InChI=1S/C22H19N5O/c23-11-16-20(15-3-1-5-18-14(15)4-2-9-25-18)17-12-27(22(28)13-6-7-13)10-8-19(17)26-21(16)24/h1-5,9,13H,6-8,10,12H2,(H2,24,26). The fourth-order valence-corrected chi connectivity index (χ4v) is 4.09. The van der Waals surface area contributed by atoms with Gasteiger partial charge in [-0.05, 0) is 30.5 Å². The smallest absolute Gasteiger partial charge is 0.225 e. The molecule has 5 rings (SSSR count). The minimum absolute atomic E-state index is 0.170. The molecule has 6 heteroatoms. The Bertz CT molecular complexity index is 1150. The summed E-state index contributed by atoms with van der Waals surface area (Å²) in [5.41, 5.74) is 10.9. The molecule has 0 saturated heterocycles. The lowest BCUT2D eigenvalue weighted by molar-refractivity contribution is -0.133. The third-order valence-corrected chi connectivity index (χ3v) is 5.64. The van der Waals surface area contributed by atoms with E-state index in [1.54, 1.807) is 6.20 Å². The second-order valence-corrected chi connectivity index (χ2v) is 7.44. The van der Waals surface area contributed by atoms with Crippen molar-refractivity contribution in [1.29, 1.82) is 5.26 Å². The summed E-state index contributed by atoms with van der Waals surface area (Å²) in [6, 6.07) is 12.0. The number of fused-ring (bicyclic) bond motifs is 2. The van der Waals surface area contributed by atoms with Crippen molar-refractivity contribution < 1.29 is 4.79 Å². The number of amides is 1. The molecule has 3 aromatic rings. The van der Waals surface area contributed by atoms with Gasteiger partial charge in [0.15, 0.2) is 0 Å². The fourth-order valence-electron chi connectivity index (χ4n) is 4.09. The summed E-state index contributed by atoms with van der Waals surface area (Å²) >= 11 is 0. The Morgan fingerprint density at radius 2 is 2.11 bits per heavy atom. The second-order valence-electron chi connectivity index (χ2n) is 7.44. The number of benzene rings is 1. The van der Waals surface area contributed by atoms with Crippen LogP contribution in [0, 0.1) is 17.2 Å². The van der Waals surface area contributed by atoms with E-state index in [0.717, 1.165) is 46.1 Å². The first-order valence-corrected chi connectivity index (χ1v) is 9.51. The van der Waals surface area contributed by atoms with Crippen molar-refractivity contribution in [3.8, 4) is 17.2 Å². The van der Waals surface area contributed by atoms with Crippen LogP contribution < -0.4 is 5.73 Å². The van der Waals surface area contributed by atoms with Gasteiger partial charge in [-0.3, -0.25) is 9.78 Å². The van der Waals surface area contributed by atoms with Crippen LogP contribution in [0.1, 0.15) is 29.7 Å². The van der Waals surface area contributed by atoms with Gasteiger partial charge in [-0.25, -0.2) is 4.98 Å². The number of nitrogens with two attached hydrogens (primary N) is 1. The maximum Gasteiger partial charge on any atom is 0.225 e. The van der Waals surface area contributed by atoms with Crippen molar-refractivity contribution >= 4 is 22.6 Å². The molecular weight excluding hydrogens is 350 g/mol. The largest absolute Gasteiger partial charge is 0.383 e. The molecule has 1 fully saturated rings. The molecule has 1 saturated carbocycles. The number of carbonyl (C=O) groups is 1. The van der Waals surface area contributed by atoms with Crippen LogP contribution in [0.25, 0.3) is 22.0 Å². The molecule has 2 aliphatic rings. The molecular formula is C22H19N5O. The zero-order valence-corrected chi connectivity index (χ0v) is 15.4. The van der Waals surface area contributed by atoms with Crippen molar-refractivity contribution in [2.45, 2.75) is 25.8 Å². The van der Waals surface area contributed by atoms with Gasteiger partial charge in [-0.1, -0.05) is 18.2 Å². The monoisotopic (exact) mass is 369 g/mol. The Kier molecular flexibility index (Phi) is 3.76. The molecule has 0 radical (unpaired) electrons. The van der Waals surface area contributed by atoms with E-state index >= 15 is 0 Å². The van der Waals surface area contributed by atoms with E-state index in [2.05, 4.69) is 16.0 Å². The van der Waals surface area contributed by atoms with Crippen LogP contribution in [0.2, 0.25) is 0 Å². The van der Waals surface area contributed by atoms with E-state index in [0.29, 0.717) is 25.1 Å². The molecule has 6 nitrogen and oxygen atoms in total. The predicted octanol–water partition coefficient (Wildman–Crippen LogP) is 3.05. The van der Waals surface area contributed by atoms with Gasteiger partial charge >= 0.3 is 0 Å². The molecule has 2 N–H and O–H groups in total. The number of anilines is 1. The van der Waals surface area contributed by atoms with Crippen LogP contribution in [-0.4, -0.2) is 27.3 Å².